The minimum Gasteiger partial charge on any atom is -0.347 e. The van der Waals surface area contributed by atoms with Gasteiger partial charge in [0.15, 0.2) is 0 Å². The molecule has 1 aromatic carbocycles. The Morgan fingerprint density at radius 1 is 1.15 bits per heavy atom. The van der Waals surface area contributed by atoms with Gasteiger partial charge in [-0.15, -0.1) is 0 Å². The zero-order valence-electron chi connectivity index (χ0n) is 16.2. The van der Waals surface area contributed by atoms with E-state index in [0.717, 1.165) is 47.6 Å². The Hall–Kier alpha value is -1.88. The summed E-state index contributed by atoms with van der Waals surface area (Å²) in [6, 6.07) is 5.86. The van der Waals surface area contributed by atoms with Gasteiger partial charge in [0.05, 0.1) is 4.47 Å². The standard InChI is InChI=1S/C21H27BrN2O2/c1-6-8-12-24-15(5)18(22)20(25)17(16(24)7-2)21(26)23-19-13(3)10-9-11-14(19)4/h9-11H,6-8,12H2,1-5H3,(H,23,26). The first-order chi connectivity index (χ1) is 12.3. The first kappa shape index (κ1) is 20.4. The molecule has 4 nitrogen and oxygen atoms in total. The summed E-state index contributed by atoms with van der Waals surface area (Å²) in [4.78, 5) is 25.9. The normalized spacial score (nSPS) is 10.8. The van der Waals surface area contributed by atoms with Crippen LogP contribution < -0.4 is 10.7 Å². The molecule has 2 aromatic rings. The number of aryl methyl sites for hydroxylation is 2. The van der Waals surface area contributed by atoms with Crippen molar-refractivity contribution in [3.63, 3.8) is 0 Å². The number of amides is 1. The highest BCUT2D eigenvalue weighted by Crippen LogP contribution is 2.23. The highest BCUT2D eigenvalue weighted by atomic mass is 79.9. The van der Waals surface area contributed by atoms with Gasteiger partial charge in [-0.25, -0.2) is 0 Å². The topological polar surface area (TPSA) is 51.1 Å². The molecule has 1 amide bonds. The van der Waals surface area contributed by atoms with Crippen molar-refractivity contribution in [1.29, 1.82) is 0 Å². The molecule has 0 atom stereocenters. The summed E-state index contributed by atoms with van der Waals surface area (Å²) in [5.41, 5.74) is 4.41. The van der Waals surface area contributed by atoms with Crippen LogP contribution >= 0.6 is 15.9 Å². The molecule has 26 heavy (non-hydrogen) atoms. The number of halogens is 1. The van der Waals surface area contributed by atoms with E-state index in [1.54, 1.807) is 0 Å². The van der Waals surface area contributed by atoms with Crippen LogP contribution in [-0.2, 0) is 13.0 Å². The number of anilines is 1. The second kappa shape index (κ2) is 8.67. The minimum atomic E-state index is -0.338. The fourth-order valence-corrected chi connectivity index (χ4v) is 3.68. The van der Waals surface area contributed by atoms with Crippen LogP contribution in [0, 0.1) is 20.8 Å². The molecule has 0 spiro atoms. The van der Waals surface area contributed by atoms with Crippen molar-refractivity contribution in [2.24, 2.45) is 0 Å². The van der Waals surface area contributed by atoms with Gasteiger partial charge in [0.25, 0.3) is 5.91 Å². The number of pyridine rings is 1. The molecule has 0 aliphatic rings. The third-order valence-electron chi connectivity index (χ3n) is 4.78. The van der Waals surface area contributed by atoms with Crippen molar-refractivity contribution in [2.75, 3.05) is 5.32 Å². The van der Waals surface area contributed by atoms with Gasteiger partial charge in [-0.2, -0.15) is 0 Å². The zero-order valence-corrected chi connectivity index (χ0v) is 17.8. The van der Waals surface area contributed by atoms with Crippen molar-refractivity contribution in [3.05, 3.63) is 61.0 Å². The monoisotopic (exact) mass is 418 g/mol. The van der Waals surface area contributed by atoms with Crippen LogP contribution in [0.2, 0.25) is 0 Å². The fraction of sp³-hybridized carbons (Fsp3) is 0.429. The SMILES string of the molecule is CCCCn1c(C)c(Br)c(=O)c(C(=O)Nc2c(C)cccc2C)c1CC. The molecule has 5 heteroatoms. The van der Waals surface area contributed by atoms with Crippen LogP contribution in [0.5, 0.6) is 0 Å². The third-order valence-corrected chi connectivity index (χ3v) is 5.71. The highest BCUT2D eigenvalue weighted by Gasteiger charge is 2.23. The molecule has 0 saturated heterocycles. The predicted octanol–water partition coefficient (Wildman–Crippen LogP) is 5.15. The maximum Gasteiger partial charge on any atom is 0.261 e. The van der Waals surface area contributed by atoms with Crippen molar-refractivity contribution < 1.29 is 4.79 Å². The van der Waals surface area contributed by atoms with E-state index in [0.29, 0.717) is 10.9 Å². The van der Waals surface area contributed by atoms with E-state index >= 15 is 0 Å². The number of nitrogens with one attached hydrogen (secondary N) is 1. The molecule has 0 fully saturated rings. The summed E-state index contributed by atoms with van der Waals surface area (Å²) < 4.78 is 2.58. The third kappa shape index (κ3) is 3.93. The van der Waals surface area contributed by atoms with Crippen molar-refractivity contribution in [2.45, 2.75) is 60.4 Å². The van der Waals surface area contributed by atoms with Gasteiger partial charge in [-0.05, 0) is 60.7 Å². The molecule has 1 aromatic heterocycles. The summed E-state index contributed by atoms with van der Waals surface area (Å²) in [6.07, 6.45) is 2.68. The van der Waals surface area contributed by atoms with Crippen LogP contribution in [0.25, 0.3) is 0 Å². The first-order valence-electron chi connectivity index (χ1n) is 9.12. The first-order valence-corrected chi connectivity index (χ1v) is 9.92. The zero-order chi connectivity index (χ0) is 19.4. The number of carbonyl (C=O) groups is 1. The summed E-state index contributed by atoms with van der Waals surface area (Å²) in [6.45, 7) is 10.7. The van der Waals surface area contributed by atoms with Crippen LogP contribution in [0.3, 0.4) is 0 Å². The quantitative estimate of drug-likeness (QED) is 0.704. The number of para-hydroxylation sites is 1. The Morgan fingerprint density at radius 3 is 2.31 bits per heavy atom. The number of rotatable bonds is 6. The van der Waals surface area contributed by atoms with E-state index in [-0.39, 0.29) is 16.9 Å². The minimum absolute atomic E-state index is 0.240. The second-order valence-electron chi connectivity index (χ2n) is 6.63. The molecule has 0 aliphatic heterocycles. The van der Waals surface area contributed by atoms with E-state index < -0.39 is 0 Å². The van der Waals surface area contributed by atoms with Gasteiger partial charge in [-0.1, -0.05) is 38.5 Å². The van der Waals surface area contributed by atoms with Crippen molar-refractivity contribution in [3.8, 4) is 0 Å². The molecular weight excluding hydrogens is 392 g/mol. The van der Waals surface area contributed by atoms with Crippen molar-refractivity contribution in [1.82, 2.24) is 4.57 Å². The van der Waals surface area contributed by atoms with E-state index in [1.165, 1.54) is 0 Å². The lowest BCUT2D eigenvalue weighted by Gasteiger charge is -2.21. The van der Waals surface area contributed by atoms with Crippen LogP contribution in [0.1, 0.15) is 59.6 Å². The second-order valence-corrected chi connectivity index (χ2v) is 7.42. The van der Waals surface area contributed by atoms with Gasteiger partial charge >= 0.3 is 0 Å². The molecule has 0 saturated carbocycles. The molecular formula is C21H27BrN2O2. The number of unbranched alkanes of at least 4 members (excludes halogenated alkanes) is 1. The maximum absolute atomic E-state index is 13.1. The number of hydrogen-bond donors (Lipinski definition) is 1. The summed E-state index contributed by atoms with van der Waals surface area (Å²) in [7, 11) is 0. The Kier molecular flexibility index (Phi) is 6.81. The van der Waals surface area contributed by atoms with E-state index in [2.05, 4.69) is 32.7 Å². The highest BCUT2D eigenvalue weighted by molar-refractivity contribution is 9.10. The van der Waals surface area contributed by atoms with Crippen LogP contribution in [0.4, 0.5) is 5.69 Å². The molecule has 0 aliphatic carbocycles. The molecule has 2 rings (SSSR count). The summed E-state index contributed by atoms with van der Waals surface area (Å²) in [5.74, 6) is -0.338. The lowest BCUT2D eigenvalue weighted by atomic mass is 10.1. The molecule has 1 N–H and O–H groups in total. The van der Waals surface area contributed by atoms with E-state index in [9.17, 15) is 9.59 Å². The molecule has 0 bridgehead atoms. The van der Waals surface area contributed by atoms with Gasteiger partial charge in [-0.3, -0.25) is 9.59 Å². The largest absolute Gasteiger partial charge is 0.347 e. The fourth-order valence-electron chi connectivity index (χ4n) is 3.27. The number of hydrogen-bond acceptors (Lipinski definition) is 2. The molecule has 0 unspecified atom stereocenters. The molecule has 1 heterocycles. The van der Waals surface area contributed by atoms with E-state index in [4.69, 9.17) is 0 Å². The number of nitrogens with zero attached hydrogens (tertiary/aromatic N) is 1. The molecule has 140 valence electrons. The Morgan fingerprint density at radius 2 is 1.77 bits per heavy atom. The van der Waals surface area contributed by atoms with Gasteiger partial charge in [0.1, 0.15) is 5.56 Å². The van der Waals surface area contributed by atoms with Crippen molar-refractivity contribution >= 4 is 27.5 Å². The number of aromatic nitrogens is 1. The lowest BCUT2D eigenvalue weighted by molar-refractivity contribution is 0.102. The van der Waals surface area contributed by atoms with Gasteiger partial charge in [0.2, 0.25) is 5.43 Å². The number of carbonyl (C=O) groups excluding carboxylic acids is 1. The Balaban J connectivity index is 2.59. The average molecular weight is 419 g/mol. The van der Waals surface area contributed by atoms with Crippen LogP contribution in [0.15, 0.2) is 27.5 Å². The molecule has 0 radical (unpaired) electrons. The smallest absolute Gasteiger partial charge is 0.261 e. The maximum atomic E-state index is 13.1. The van der Waals surface area contributed by atoms with Gasteiger partial charge in [0, 0.05) is 23.6 Å². The Labute approximate surface area is 163 Å². The predicted molar refractivity (Wildman–Crippen MR) is 111 cm³/mol. The van der Waals surface area contributed by atoms with E-state index in [1.807, 2.05) is 45.9 Å². The van der Waals surface area contributed by atoms with Gasteiger partial charge < -0.3 is 9.88 Å². The Bertz CT molecular complexity index is 864. The average Bonchev–Trinajstić information content (AvgIpc) is 2.61. The summed E-state index contributed by atoms with van der Waals surface area (Å²) in [5, 5.41) is 2.97. The lowest BCUT2D eigenvalue weighted by Crippen LogP contribution is -2.30. The number of benzene rings is 1. The van der Waals surface area contributed by atoms with Crippen LogP contribution in [-0.4, -0.2) is 10.5 Å². The summed E-state index contributed by atoms with van der Waals surface area (Å²) >= 11 is 3.41.